The Kier molecular flexibility index (Phi) is 4.54. The first-order chi connectivity index (χ1) is 8.97. The molecule has 0 aliphatic heterocycles. The fourth-order valence-electron chi connectivity index (χ4n) is 1.67. The molecular weight excluding hydrogens is 338 g/mol. The minimum atomic E-state index is -2.84. The van der Waals surface area contributed by atoms with Crippen LogP contribution in [0.2, 0.25) is 0 Å². The molecule has 1 aromatic carbocycles. The largest absolute Gasteiger partial charge is 0.435 e. The van der Waals surface area contributed by atoms with E-state index in [1.54, 1.807) is 12.1 Å². The SMILES string of the molecule is Cc1cc(Br)c(C(O)c2ccc(OC(F)F)cc2)s1. The molecule has 1 N–H and O–H groups in total. The van der Waals surface area contributed by atoms with Gasteiger partial charge >= 0.3 is 6.61 Å². The molecule has 0 saturated carbocycles. The Morgan fingerprint density at radius 3 is 2.37 bits per heavy atom. The van der Waals surface area contributed by atoms with E-state index in [9.17, 15) is 13.9 Å². The van der Waals surface area contributed by atoms with Crippen molar-refractivity contribution in [1.29, 1.82) is 0 Å². The van der Waals surface area contributed by atoms with Crippen molar-refractivity contribution < 1.29 is 18.6 Å². The molecule has 0 aliphatic carbocycles. The van der Waals surface area contributed by atoms with Crippen LogP contribution in [0.15, 0.2) is 34.8 Å². The lowest BCUT2D eigenvalue weighted by molar-refractivity contribution is -0.0498. The second-order valence-corrected chi connectivity index (χ2v) is 6.06. The van der Waals surface area contributed by atoms with Gasteiger partial charge in [-0.05, 0) is 46.6 Å². The van der Waals surface area contributed by atoms with Crippen molar-refractivity contribution in [3.8, 4) is 5.75 Å². The van der Waals surface area contributed by atoms with Crippen LogP contribution in [0, 0.1) is 6.92 Å². The molecule has 1 heterocycles. The van der Waals surface area contributed by atoms with E-state index in [1.165, 1.54) is 23.5 Å². The molecule has 19 heavy (non-hydrogen) atoms. The number of aliphatic hydroxyl groups is 1. The third-order valence-electron chi connectivity index (χ3n) is 2.51. The number of rotatable bonds is 4. The second kappa shape index (κ2) is 5.98. The molecular formula is C13H11BrF2O2S. The number of ether oxygens (including phenoxy) is 1. The van der Waals surface area contributed by atoms with Crippen LogP contribution in [0.5, 0.6) is 5.75 Å². The van der Waals surface area contributed by atoms with Gasteiger partial charge in [0.25, 0.3) is 0 Å². The van der Waals surface area contributed by atoms with Crippen molar-refractivity contribution in [3.63, 3.8) is 0 Å². The van der Waals surface area contributed by atoms with Gasteiger partial charge in [0, 0.05) is 9.35 Å². The summed E-state index contributed by atoms with van der Waals surface area (Å²) < 4.78 is 29.2. The summed E-state index contributed by atoms with van der Waals surface area (Å²) in [6, 6.07) is 7.91. The van der Waals surface area contributed by atoms with Crippen LogP contribution in [0.25, 0.3) is 0 Å². The third kappa shape index (κ3) is 3.52. The normalized spacial score (nSPS) is 12.7. The maximum absolute atomic E-state index is 12.0. The Balaban J connectivity index is 2.20. The number of benzene rings is 1. The molecule has 2 aromatic rings. The summed E-state index contributed by atoms with van der Waals surface area (Å²) in [5, 5.41) is 10.3. The molecule has 102 valence electrons. The first kappa shape index (κ1) is 14.4. The van der Waals surface area contributed by atoms with Gasteiger partial charge in [0.05, 0.1) is 4.88 Å². The summed E-state index contributed by atoms with van der Waals surface area (Å²) in [4.78, 5) is 1.87. The molecule has 0 saturated heterocycles. The van der Waals surface area contributed by atoms with Gasteiger partial charge < -0.3 is 9.84 Å². The molecule has 0 radical (unpaired) electrons. The Morgan fingerprint density at radius 1 is 1.26 bits per heavy atom. The number of aliphatic hydroxyl groups excluding tert-OH is 1. The third-order valence-corrected chi connectivity index (χ3v) is 4.53. The predicted molar refractivity (Wildman–Crippen MR) is 73.9 cm³/mol. The molecule has 1 atom stereocenters. The highest BCUT2D eigenvalue weighted by Crippen LogP contribution is 2.35. The fraction of sp³-hybridized carbons (Fsp3) is 0.231. The van der Waals surface area contributed by atoms with Crippen LogP contribution in [-0.2, 0) is 0 Å². The van der Waals surface area contributed by atoms with Crippen LogP contribution in [0.4, 0.5) is 8.78 Å². The standard InChI is InChI=1S/C13H11BrF2O2S/c1-7-6-10(14)12(19-7)11(17)8-2-4-9(5-3-8)18-13(15)16/h2-6,11,13,17H,1H3. The lowest BCUT2D eigenvalue weighted by atomic mass is 10.1. The van der Waals surface area contributed by atoms with E-state index < -0.39 is 12.7 Å². The summed E-state index contributed by atoms with van der Waals surface area (Å²) in [5.41, 5.74) is 0.629. The van der Waals surface area contributed by atoms with Gasteiger partial charge in [-0.1, -0.05) is 12.1 Å². The first-order valence-corrected chi connectivity index (χ1v) is 7.07. The van der Waals surface area contributed by atoms with E-state index in [0.29, 0.717) is 5.56 Å². The number of hydrogen-bond acceptors (Lipinski definition) is 3. The highest BCUT2D eigenvalue weighted by molar-refractivity contribution is 9.10. The fourth-order valence-corrected chi connectivity index (χ4v) is 3.55. The van der Waals surface area contributed by atoms with Crippen LogP contribution >= 0.6 is 27.3 Å². The van der Waals surface area contributed by atoms with Crippen LogP contribution < -0.4 is 4.74 Å². The predicted octanol–water partition coefficient (Wildman–Crippen LogP) is 4.50. The molecule has 2 nitrogen and oxygen atoms in total. The Morgan fingerprint density at radius 2 is 1.89 bits per heavy atom. The second-order valence-electron chi connectivity index (χ2n) is 3.92. The van der Waals surface area contributed by atoms with Crippen LogP contribution in [0.3, 0.4) is 0 Å². The van der Waals surface area contributed by atoms with Gasteiger partial charge in [-0.2, -0.15) is 8.78 Å². The average Bonchev–Trinajstić information content (AvgIpc) is 2.68. The molecule has 2 rings (SSSR count). The van der Waals surface area contributed by atoms with Gasteiger partial charge in [-0.25, -0.2) is 0 Å². The number of aryl methyl sites for hydroxylation is 1. The topological polar surface area (TPSA) is 29.5 Å². The highest BCUT2D eigenvalue weighted by Gasteiger charge is 2.16. The highest BCUT2D eigenvalue weighted by atomic mass is 79.9. The summed E-state index contributed by atoms with van der Waals surface area (Å²) in [6.45, 7) is -0.893. The van der Waals surface area contributed by atoms with Crippen molar-refractivity contribution in [2.45, 2.75) is 19.6 Å². The molecule has 1 aromatic heterocycles. The van der Waals surface area contributed by atoms with Crippen molar-refractivity contribution in [2.75, 3.05) is 0 Å². The van der Waals surface area contributed by atoms with Gasteiger partial charge in [-0.15, -0.1) is 11.3 Å². The minimum absolute atomic E-state index is 0.0763. The van der Waals surface area contributed by atoms with Crippen LogP contribution in [0.1, 0.15) is 21.4 Å². The van der Waals surface area contributed by atoms with Crippen molar-refractivity contribution in [3.05, 3.63) is 50.1 Å². The lowest BCUT2D eigenvalue weighted by Gasteiger charge is -2.11. The Bertz CT molecular complexity index is 554. The van der Waals surface area contributed by atoms with Gasteiger partial charge in [0.1, 0.15) is 11.9 Å². The van der Waals surface area contributed by atoms with E-state index >= 15 is 0 Å². The quantitative estimate of drug-likeness (QED) is 0.881. The number of thiophene rings is 1. The van der Waals surface area contributed by atoms with Crippen molar-refractivity contribution in [2.24, 2.45) is 0 Å². The van der Waals surface area contributed by atoms with Crippen LogP contribution in [-0.4, -0.2) is 11.7 Å². The summed E-state index contributed by atoms with van der Waals surface area (Å²) >= 11 is 4.87. The zero-order chi connectivity index (χ0) is 14.0. The number of halogens is 3. The molecule has 0 bridgehead atoms. The van der Waals surface area contributed by atoms with E-state index in [-0.39, 0.29) is 5.75 Å². The summed E-state index contributed by atoms with van der Waals surface area (Å²) in [7, 11) is 0. The smallest absolute Gasteiger partial charge is 0.387 e. The average molecular weight is 349 g/mol. The molecule has 6 heteroatoms. The van der Waals surface area contributed by atoms with Gasteiger partial charge in [0.2, 0.25) is 0 Å². The van der Waals surface area contributed by atoms with Crippen molar-refractivity contribution in [1.82, 2.24) is 0 Å². The summed E-state index contributed by atoms with van der Waals surface area (Å²) in [6.07, 6.45) is -0.784. The maximum atomic E-state index is 12.0. The molecule has 0 amide bonds. The number of hydrogen-bond donors (Lipinski definition) is 1. The van der Waals surface area contributed by atoms with Gasteiger partial charge in [0.15, 0.2) is 0 Å². The summed E-state index contributed by atoms with van der Waals surface area (Å²) in [5.74, 6) is 0.0763. The van der Waals surface area contributed by atoms with E-state index in [2.05, 4.69) is 20.7 Å². The van der Waals surface area contributed by atoms with Crippen molar-refractivity contribution >= 4 is 27.3 Å². The molecule has 0 fully saturated rings. The van der Waals surface area contributed by atoms with E-state index in [1.807, 2.05) is 13.0 Å². The molecule has 1 unspecified atom stereocenters. The molecule has 0 aliphatic rings. The Hall–Kier alpha value is -0.980. The first-order valence-electron chi connectivity index (χ1n) is 5.46. The zero-order valence-electron chi connectivity index (χ0n) is 9.94. The number of alkyl halides is 2. The van der Waals surface area contributed by atoms with E-state index in [4.69, 9.17) is 0 Å². The monoisotopic (exact) mass is 348 g/mol. The lowest BCUT2D eigenvalue weighted by Crippen LogP contribution is -2.02. The van der Waals surface area contributed by atoms with Gasteiger partial charge in [-0.3, -0.25) is 0 Å². The van der Waals surface area contributed by atoms with E-state index in [0.717, 1.165) is 14.2 Å². The minimum Gasteiger partial charge on any atom is -0.435 e. The zero-order valence-corrected chi connectivity index (χ0v) is 12.3. The Labute approximate surface area is 121 Å². The maximum Gasteiger partial charge on any atom is 0.387 e. The molecule has 0 spiro atoms.